The van der Waals surface area contributed by atoms with Crippen LogP contribution in [0.15, 0.2) is 54.6 Å². The van der Waals surface area contributed by atoms with Crippen LogP contribution in [0, 0.1) is 23.2 Å². The fourth-order valence-corrected chi connectivity index (χ4v) is 5.18. The van der Waals surface area contributed by atoms with E-state index >= 15 is 0 Å². The predicted molar refractivity (Wildman–Crippen MR) is 104 cm³/mol. The summed E-state index contributed by atoms with van der Waals surface area (Å²) in [5, 5.41) is 2.74. The van der Waals surface area contributed by atoms with Gasteiger partial charge in [0, 0.05) is 5.69 Å². The Kier molecular flexibility index (Phi) is 4.26. The molecule has 2 aromatic carbocycles. The van der Waals surface area contributed by atoms with E-state index in [0.29, 0.717) is 17.1 Å². The molecule has 1 N–H and O–H groups in total. The Labute approximate surface area is 155 Å². The highest BCUT2D eigenvalue weighted by Crippen LogP contribution is 2.64. The molecule has 2 bridgehead atoms. The van der Waals surface area contributed by atoms with Gasteiger partial charge in [0.25, 0.3) is 0 Å². The third-order valence-corrected chi connectivity index (χ3v) is 6.97. The molecule has 2 aliphatic carbocycles. The standard InChI is InChI=1S/C23H27NO2/c1-15-17-13-20(21(14-17)23(15,2)3)16-9-11-19(12-10-16)26-22(25)24-18-7-5-4-6-8-18/h4-12,15,17,20-21H,13-14H2,1-3H3,(H,24,25)/t15-,17-,20-,21+/m0/s1. The van der Waals surface area contributed by atoms with Gasteiger partial charge in [0.1, 0.15) is 5.75 Å². The molecule has 2 fully saturated rings. The molecule has 0 spiro atoms. The summed E-state index contributed by atoms with van der Waals surface area (Å²) in [4.78, 5) is 12.0. The third-order valence-electron chi connectivity index (χ3n) is 6.97. The summed E-state index contributed by atoms with van der Waals surface area (Å²) in [5.74, 6) is 3.65. The van der Waals surface area contributed by atoms with Crippen molar-refractivity contribution < 1.29 is 9.53 Å². The number of hydrogen-bond acceptors (Lipinski definition) is 2. The zero-order chi connectivity index (χ0) is 18.3. The van der Waals surface area contributed by atoms with Crippen molar-refractivity contribution in [3.8, 4) is 5.75 Å². The van der Waals surface area contributed by atoms with Crippen molar-refractivity contribution in [2.45, 2.75) is 39.5 Å². The molecule has 2 aliphatic rings. The van der Waals surface area contributed by atoms with Crippen molar-refractivity contribution >= 4 is 11.8 Å². The van der Waals surface area contributed by atoms with Crippen LogP contribution in [-0.2, 0) is 0 Å². The van der Waals surface area contributed by atoms with Gasteiger partial charge in [-0.05, 0) is 71.8 Å². The minimum absolute atomic E-state index is 0.415. The lowest BCUT2D eigenvalue weighted by molar-refractivity contribution is 0.118. The minimum atomic E-state index is -0.459. The molecule has 3 heteroatoms. The van der Waals surface area contributed by atoms with Crippen molar-refractivity contribution in [3.63, 3.8) is 0 Å². The lowest BCUT2D eigenvalue weighted by Gasteiger charge is -2.41. The molecular weight excluding hydrogens is 322 g/mol. The van der Waals surface area contributed by atoms with E-state index in [4.69, 9.17) is 4.74 Å². The molecule has 0 aromatic heterocycles. The number of carbonyl (C=O) groups is 1. The monoisotopic (exact) mass is 349 g/mol. The molecule has 1 amide bonds. The summed E-state index contributed by atoms with van der Waals surface area (Å²) in [6.07, 6.45) is 2.19. The van der Waals surface area contributed by atoms with E-state index in [0.717, 1.165) is 23.4 Å². The number of para-hydroxylation sites is 1. The fourth-order valence-electron chi connectivity index (χ4n) is 5.18. The van der Waals surface area contributed by atoms with Gasteiger partial charge in [0.2, 0.25) is 0 Å². The lowest BCUT2D eigenvalue weighted by atomic mass is 9.64. The summed E-state index contributed by atoms with van der Waals surface area (Å²) < 4.78 is 5.41. The van der Waals surface area contributed by atoms with Crippen LogP contribution >= 0.6 is 0 Å². The molecule has 0 radical (unpaired) electrons. The van der Waals surface area contributed by atoms with Crippen LogP contribution in [-0.4, -0.2) is 6.09 Å². The number of ether oxygens (including phenoxy) is 1. The van der Waals surface area contributed by atoms with Crippen molar-refractivity contribution in [2.75, 3.05) is 5.32 Å². The molecule has 3 nitrogen and oxygen atoms in total. The zero-order valence-corrected chi connectivity index (χ0v) is 15.7. The first-order valence-corrected chi connectivity index (χ1v) is 9.59. The Morgan fingerprint density at radius 1 is 1.04 bits per heavy atom. The van der Waals surface area contributed by atoms with Crippen LogP contribution in [0.3, 0.4) is 0 Å². The molecule has 0 heterocycles. The second-order valence-electron chi connectivity index (χ2n) is 8.50. The Hall–Kier alpha value is -2.29. The van der Waals surface area contributed by atoms with Gasteiger partial charge >= 0.3 is 6.09 Å². The van der Waals surface area contributed by atoms with Gasteiger partial charge in [-0.25, -0.2) is 4.79 Å². The summed E-state index contributed by atoms with van der Waals surface area (Å²) in [6.45, 7) is 7.28. The Balaban J connectivity index is 1.41. The van der Waals surface area contributed by atoms with Gasteiger partial charge < -0.3 is 4.74 Å². The largest absolute Gasteiger partial charge is 0.417 e. The zero-order valence-electron chi connectivity index (χ0n) is 15.7. The first kappa shape index (κ1) is 17.1. The lowest BCUT2D eigenvalue weighted by Crippen LogP contribution is -2.32. The SMILES string of the molecule is C[C@H]1[C@@H]2C[C@H]([C@H](c3ccc(OC(=O)Nc4ccccc4)cc3)C2)C1(C)C. The average molecular weight is 349 g/mol. The predicted octanol–water partition coefficient (Wildman–Crippen LogP) is 6.08. The molecule has 2 aromatic rings. The first-order valence-electron chi connectivity index (χ1n) is 9.59. The van der Waals surface area contributed by atoms with Gasteiger partial charge in [-0.3, -0.25) is 5.32 Å². The topological polar surface area (TPSA) is 38.3 Å². The van der Waals surface area contributed by atoms with E-state index < -0.39 is 6.09 Å². The van der Waals surface area contributed by atoms with Crippen molar-refractivity contribution in [2.24, 2.45) is 23.2 Å². The molecule has 4 atom stereocenters. The Morgan fingerprint density at radius 3 is 2.35 bits per heavy atom. The summed E-state index contributed by atoms with van der Waals surface area (Å²) in [7, 11) is 0. The second-order valence-corrected chi connectivity index (χ2v) is 8.50. The molecule has 26 heavy (non-hydrogen) atoms. The highest BCUT2D eigenvalue weighted by Gasteiger charge is 2.55. The molecule has 2 saturated carbocycles. The van der Waals surface area contributed by atoms with E-state index in [2.05, 4.69) is 38.2 Å². The number of nitrogens with one attached hydrogen (secondary N) is 1. The summed E-state index contributed by atoms with van der Waals surface area (Å²) >= 11 is 0. The highest BCUT2D eigenvalue weighted by molar-refractivity contribution is 5.86. The maximum Gasteiger partial charge on any atom is 0.417 e. The number of benzene rings is 2. The van der Waals surface area contributed by atoms with Gasteiger partial charge in [0.05, 0.1) is 0 Å². The number of fused-ring (bicyclic) bond motifs is 2. The van der Waals surface area contributed by atoms with Crippen LogP contribution in [0.5, 0.6) is 5.75 Å². The maximum absolute atomic E-state index is 12.0. The molecule has 136 valence electrons. The Morgan fingerprint density at radius 2 is 1.73 bits per heavy atom. The van der Waals surface area contributed by atoms with Crippen LogP contribution < -0.4 is 10.1 Å². The van der Waals surface area contributed by atoms with Crippen LogP contribution in [0.1, 0.15) is 45.1 Å². The van der Waals surface area contributed by atoms with Crippen LogP contribution in [0.25, 0.3) is 0 Å². The van der Waals surface area contributed by atoms with Gasteiger partial charge in [0.15, 0.2) is 0 Å². The number of anilines is 1. The van der Waals surface area contributed by atoms with Crippen LogP contribution in [0.4, 0.5) is 10.5 Å². The van der Waals surface area contributed by atoms with Crippen molar-refractivity contribution in [3.05, 3.63) is 60.2 Å². The van der Waals surface area contributed by atoms with Gasteiger partial charge in [-0.2, -0.15) is 0 Å². The summed E-state index contributed by atoms with van der Waals surface area (Å²) in [5.41, 5.74) is 2.53. The smallest absolute Gasteiger partial charge is 0.410 e. The van der Waals surface area contributed by atoms with E-state index in [1.54, 1.807) is 0 Å². The number of amides is 1. The number of hydrogen-bond donors (Lipinski definition) is 1. The molecule has 0 unspecified atom stereocenters. The molecule has 4 rings (SSSR count). The normalized spacial score (nSPS) is 28.7. The van der Waals surface area contributed by atoms with Gasteiger partial charge in [-0.1, -0.05) is 51.1 Å². The highest BCUT2D eigenvalue weighted by atomic mass is 16.6. The average Bonchev–Trinajstić information content (AvgIpc) is 3.16. The van der Waals surface area contributed by atoms with E-state index in [1.807, 2.05) is 42.5 Å². The molecular formula is C23H27NO2. The van der Waals surface area contributed by atoms with Crippen molar-refractivity contribution in [1.29, 1.82) is 0 Å². The minimum Gasteiger partial charge on any atom is -0.410 e. The van der Waals surface area contributed by atoms with E-state index in [1.165, 1.54) is 18.4 Å². The fraction of sp³-hybridized carbons (Fsp3) is 0.435. The first-order chi connectivity index (χ1) is 12.4. The Bertz CT molecular complexity index is 782. The van der Waals surface area contributed by atoms with E-state index in [9.17, 15) is 4.79 Å². The quantitative estimate of drug-likeness (QED) is 0.729. The summed E-state index contributed by atoms with van der Waals surface area (Å²) in [6, 6.07) is 17.4. The van der Waals surface area contributed by atoms with E-state index in [-0.39, 0.29) is 0 Å². The molecule has 0 saturated heterocycles. The maximum atomic E-state index is 12.0. The second kappa shape index (κ2) is 6.46. The van der Waals surface area contributed by atoms with Crippen molar-refractivity contribution in [1.82, 2.24) is 0 Å². The van der Waals surface area contributed by atoms with Crippen LogP contribution in [0.2, 0.25) is 0 Å². The molecule has 0 aliphatic heterocycles. The van der Waals surface area contributed by atoms with Gasteiger partial charge in [-0.15, -0.1) is 0 Å². The number of rotatable bonds is 3. The third kappa shape index (κ3) is 3.00. The number of carbonyl (C=O) groups excluding carboxylic acids is 1.